The first-order chi connectivity index (χ1) is 12.9. The van der Waals surface area contributed by atoms with Crippen molar-refractivity contribution in [1.29, 1.82) is 0 Å². The lowest BCUT2D eigenvalue weighted by molar-refractivity contribution is -0.143. The molecular formula is C20H21IN2O4. The average molecular weight is 480 g/mol. The molecule has 0 radical (unpaired) electrons. The molecule has 1 unspecified atom stereocenters. The van der Waals surface area contributed by atoms with E-state index in [2.05, 4.69) is 27.9 Å². The predicted octanol–water partition coefficient (Wildman–Crippen LogP) is 2.91. The summed E-state index contributed by atoms with van der Waals surface area (Å²) in [5, 5.41) is 22.5. The van der Waals surface area contributed by atoms with Crippen LogP contribution in [0, 0.1) is 9.49 Å². The van der Waals surface area contributed by atoms with Crippen LogP contribution in [0.5, 0.6) is 5.75 Å². The average Bonchev–Trinajstić information content (AvgIpc) is 2.69. The normalized spacial score (nSPS) is 16.0. The summed E-state index contributed by atoms with van der Waals surface area (Å²) >= 11 is 2.21. The number of anilines is 1. The maximum Gasteiger partial charge on any atom is 0.256 e. The Bertz CT molecular complexity index is 800. The summed E-state index contributed by atoms with van der Waals surface area (Å²) in [6.45, 7) is 0.859. The highest BCUT2D eigenvalue weighted by Crippen LogP contribution is 2.24. The number of amides is 2. The minimum absolute atomic E-state index is 0.0395. The smallest absolute Gasteiger partial charge is 0.256 e. The molecule has 3 N–H and O–H groups in total. The Morgan fingerprint density at radius 2 is 1.63 bits per heavy atom. The molecule has 7 heteroatoms. The number of aliphatic hydroxyl groups is 1. The van der Waals surface area contributed by atoms with Gasteiger partial charge in [-0.2, -0.15) is 0 Å². The highest BCUT2D eigenvalue weighted by atomic mass is 127. The molecule has 0 bridgehead atoms. The molecule has 0 saturated carbocycles. The van der Waals surface area contributed by atoms with Gasteiger partial charge in [0.25, 0.3) is 5.91 Å². The van der Waals surface area contributed by atoms with E-state index in [-0.39, 0.29) is 23.5 Å². The Balaban J connectivity index is 1.53. The fourth-order valence-electron chi connectivity index (χ4n) is 3.11. The van der Waals surface area contributed by atoms with Gasteiger partial charge >= 0.3 is 0 Å². The molecule has 1 aliphatic heterocycles. The number of halogens is 1. The van der Waals surface area contributed by atoms with Crippen LogP contribution in [-0.2, 0) is 9.59 Å². The van der Waals surface area contributed by atoms with Gasteiger partial charge in [0, 0.05) is 28.3 Å². The molecule has 1 fully saturated rings. The van der Waals surface area contributed by atoms with Crippen molar-refractivity contribution in [2.24, 2.45) is 5.92 Å². The van der Waals surface area contributed by atoms with E-state index in [9.17, 15) is 19.8 Å². The van der Waals surface area contributed by atoms with E-state index in [1.807, 2.05) is 24.3 Å². The number of likely N-dealkylation sites (tertiary alicyclic amines) is 1. The van der Waals surface area contributed by atoms with E-state index in [0.29, 0.717) is 31.5 Å². The minimum atomic E-state index is -1.26. The number of hydrogen-bond acceptors (Lipinski definition) is 4. The lowest BCUT2D eigenvalue weighted by atomic mass is 9.95. The third-order valence-electron chi connectivity index (χ3n) is 4.73. The summed E-state index contributed by atoms with van der Waals surface area (Å²) < 4.78 is 1.10. The number of phenols is 1. The minimum Gasteiger partial charge on any atom is -0.508 e. The second-order valence-electron chi connectivity index (χ2n) is 6.59. The van der Waals surface area contributed by atoms with Crippen molar-refractivity contribution in [3.8, 4) is 5.75 Å². The van der Waals surface area contributed by atoms with Gasteiger partial charge in [0.05, 0.1) is 0 Å². The van der Waals surface area contributed by atoms with E-state index in [1.54, 1.807) is 4.90 Å². The van der Waals surface area contributed by atoms with Crippen LogP contribution in [-0.4, -0.2) is 40.0 Å². The third kappa shape index (κ3) is 4.98. The monoisotopic (exact) mass is 480 g/mol. The van der Waals surface area contributed by atoms with Crippen molar-refractivity contribution in [2.75, 3.05) is 18.4 Å². The fraction of sp³-hybridized carbons (Fsp3) is 0.300. The number of carbonyl (C=O) groups excluding carboxylic acids is 2. The molecule has 27 heavy (non-hydrogen) atoms. The molecule has 0 spiro atoms. The van der Waals surface area contributed by atoms with E-state index in [0.717, 1.165) is 9.26 Å². The first-order valence-electron chi connectivity index (χ1n) is 8.76. The number of carbonyl (C=O) groups is 2. The van der Waals surface area contributed by atoms with E-state index < -0.39 is 6.10 Å². The standard InChI is InChI=1S/C20H21IN2O4/c21-15-3-5-16(6-4-15)22-19(26)14-9-11-23(12-10-14)20(27)18(25)13-1-7-17(24)8-2-13/h1-8,14,18,24-25H,9-12H2,(H,22,26). The Morgan fingerprint density at radius 3 is 2.22 bits per heavy atom. The second kappa shape index (κ2) is 8.71. The first-order valence-corrected chi connectivity index (χ1v) is 9.84. The molecule has 3 rings (SSSR count). The van der Waals surface area contributed by atoms with Gasteiger partial charge in [0.2, 0.25) is 5.91 Å². The summed E-state index contributed by atoms with van der Waals surface area (Å²) in [4.78, 5) is 26.5. The molecule has 0 aliphatic carbocycles. The molecule has 2 aromatic rings. The molecule has 1 heterocycles. The maximum absolute atomic E-state index is 12.5. The maximum atomic E-state index is 12.5. The second-order valence-corrected chi connectivity index (χ2v) is 7.84. The number of piperidine rings is 1. The third-order valence-corrected chi connectivity index (χ3v) is 5.45. The van der Waals surface area contributed by atoms with Gasteiger partial charge in [0.15, 0.2) is 6.10 Å². The van der Waals surface area contributed by atoms with Gasteiger partial charge in [-0.1, -0.05) is 12.1 Å². The molecule has 6 nitrogen and oxygen atoms in total. The summed E-state index contributed by atoms with van der Waals surface area (Å²) in [6, 6.07) is 13.5. The number of aromatic hydroxyl groups is 1. The van der Waals surface area contributed by atoms with Crippen LogP contribution in [0.1, 0.15) is 24.5 Å². The predicted molar refractivity (Wildman–Crippen MR) is 110 cm³/mol. The number of rotatable bonds is 4. The van der Waals surface area contributed by atoms with Crippen molar-refractivity contribution in [2.45, 2.75) is 18.9 Å². The zero-order chi connectivity index (χ0) is 19.4. The SMILES string of the molecule is O=C(Nc1ccc(I)cc1)C1CCN(C(=O)C(O)c2ccc(O)cc2)CC1. The fourth-order valence-corrected chi connectivity index (χ4v) is 3.47. The largest absolute Gasteiger partial charge is 0.508 e. The molecule has 1 aliphatic rings. The Labute approximate surface area is 171 Å². The highest BCUT2D eigenvalue weighted by molar-refractivity contribution is 14.1. The van der Waals surface area contributed by atoms with Crippen LogP contribution in [0.4, 0.5) is 5.69 Å². The lowest BCUT2D eigenvalue weighted by Gasteiger charge is -2.32. The summed E-state index contributed by atoms with van der Waals surface area (Å²) in [5.41, 5.74) is 1.21. The zero-order valence-corrected chi connectivity index (χ0v) is 16.8. The van der Waals surface area contributed by atoms with Crippen molar-refractivity contribution >= 4 is 40.1 Å². The number of phenolic OH excluding ortho intramolecular Hbond substituents is 1. The summed E-state index contributed by atoms with van der Waals surface area (Å²) in [6.07, 6.45) is -0.142. The first kappa shape index (κ1) is 19.6. The van der Waals surface area contributed by atoms with Gasteiger partial charge in [-0.25, -0.2) is 0 Å². The van der Waals surface area contributed by atoms with Gasteiger partial charge in [-0.05, 0) is 77.4 Å². The van der Waals surface area contributed by atoms with Gasteiger partial charge in [-0.15, -0.1) is 0 Å². The van der Waals surface area contributed by atoms with Gasteiger partial charge in [0.1, 0.15) is 5.75 Å². The van der Waals surface area contributed by atoms with Gasteiger partial charge in [-0.3, -0.25) is 9.59 Å². The quantitative estimate of drug-likeness (QED) is 0.588. The number of hydrogen-bond donors (Lipinski definition) is 3. The molecule has 2 amide bonds. The zero-order valence-electron chi connectivity index (χ0n) is 14.6. The highest BCUT2D eigenvalue weighted by Gasteiger charge is 2.30. The van der Waals surface area contributed by atoms with E-state index >= 15 is 0 Å². The Hall–Kier alpha value is -2.13. The Kier molecular flexibility index (Phi) is 6.33. The summed E-state index contributed by atoms with van der Waals surface area (Å²) in [5.74, 6) is -0.489. The summed E-state index contributed by atoms with van der Waals surface area (Å²) in [7, 11) is 0. The lowest BCUT2D eigenvalue weighted by Crippen LogP contribution is -2.43. The molecular weight excluding hydrogens is 459 g/mol. The number of aliphatic hydroxyl groups excluding tert-OH is 1. The topological polar surface area (TPSA) is 89.9 Å². The number of nitrogens with zero attached hydrogens (tertiary/aromatic N) is 1. The van der Waals surface area contributed by atoms with Crippen molar-refractivity contribution in [3.05, 3.63) is 57.7 Å². The molecule has 1 saturated heterocycles. The molecule has 142 valence electrons. The van der Waals surface area contributed by atoms with Crippen LogP contribution in [0.15, 0.2) is 48.5 Å². The van der Waals surface area contributed by atoms with Crippen LogP contribution in [0.25, 0.3) is 0 Å². The molecule has 0 aromatic heterocycles. The van der Waals surface area contributed by atoms with Crippen molar-refractivity contribution in [1.82, 2.24) is 4.90 Å². The van der Waals surface area contributed by atoms with Crippen LogP contribution in [0.3, 0.4) is 0 Å². The van der Waals surface area contributed by atoms with Crippen LogP contribution in [0.2, 0.25) is 0 Å². The van der Waals surface area contributed by atoms with Gasteiger partial charge < -0.3 is 20.4 Å². The van der Waals surface area contributed by atoms with Crippen LogP contribution < -0.4 is 5.32 Å². The van der Waals surface area contributed by atoms with E-state index in [1.165, 1.54) is 24.3 Å². The number of benzene rings is 2. The molecule has 2 aromatic carbocycles. The molecule has 1 atom stereocenters. The van der Waals surface area contributed by atoms with Crippen molar-refractivity contribution < 1.29 is 19.8 Å². The number of nitrogens with one attached hydrogen (secondary N) is 1. The van der Waals surface area contributed by atoms with Crippen LogP contribution >= 0.6 is 22.6 Å². The Morgan fingerprint density at radius 1 is 1.04 bits per heavy atom. The van der Waals surface area contributed by atoms with E-state index in [4.69, 9.17) is 0 Å². The van der Waals surface area contributed by atoms with Crippen molar-refractivity contribution in [3.63, 3.8) is 0 Å².